The molecule has 0 fully saturated rings. The summed E-state index contributed by atoms with van der Waals surface area (Å²) < 4.78 is 57.1. The Bertz CT molecular complexity index is 1070. The van der Waals surface area contributed by atoms with Crippen LogP contribution >= 0.6 is 0 Å². The van der Waals surface area contributed by atoms with Crippen LogP contribution in [0.5, 0.6) is 0 Å². The number of esters is 3. The van der Waals surface area contributed by atoms with Crippen molar-refractivity contribution in [1.29, 1.82) is 0 Å². The molecule has 2 aromatic carbocycles. The Balaban J connectivity index is 2.09. The maximum atomic E-state index is 14.0. The van der Waals surface area contributed by atoms with Crippen LogP contribution in [0.2, 0.25) is 0 Å². The minimum Gasteiger partial charge on any atom is -0.465 e. The molecule has 0 bridgehead atoms. The van der Waals surface area contributed by atoms with E-state index in [0.717, 1.165) is 6.07 Å². The Hall–Kier alpha value is -3.36. The lowest BCUT2D eigenvalue weighted by atomic mass is 9.84. The smallest absolute Gasteiger partial charge is 0.417 e. The van der Waals surface area contributed by atoms with Crippen molar-refractivity contribution in [3.05, 3.63) is 58.7 Å². The second-order valence-electron chi connectivity index (χ2n) is 7.84. The van der Waals surface area contributed by atoms with Crippen LogP contribution in [0.15, 0.2) is 36.4 Å². The first-order valence-electron chi connectivity index (χ1n) is 10.9. The zero-order chi connectivity index (χ0) is 25.1. The van der Waals surface area contributed by atoms with Crippen molar-refractivity contribution < 1.29 is 41.8 Å². The number of hydrogen-bond donors (Lipinski definition) is 0. The largest absolute Gasteiger partial charge is 0.465 e. The number of alkyl halides is 3. The van der Waals surface area contributed by atoms with Gasteiger partial charge in [0.2, 0.25) is 0 Å². The quantitative estimate of drug-likeness (QED) is 0.324. The van der Waals surface area contributed by atoms with E-state index in [1.807, 2.05) is 0 Å². The molecule has 0 spiro atoms. The molecule has 2 aromatic rings. The average molecular weight is 478 g/mol. The van der Waals surface area contributed by atoms with Crippen molar-refractivity contribution in [2.24, 2.45) is 5.41 Å². The van der Waals surface area contributed by atoms with Gasteiger partial charge in [0, 0.05) is 0 Å². The number of fused-ring (bicyclic) bond motifs is 1. The van der Waals surface area contributed by atoms with Crippen molar-refractivity contribution in [3.63, 3.8) is 0 Å². The highest BCUT2D eigenvalue weighted by Gasteiger charge is 2.53. The summed E-state index contributed by atoms with van der Waals surface area (Å²) in [6.07, 6.45) is -5.07. The van der Waals surface area contributed by atoms with Crippen LogP contribution in [-0.4, -0.2) is 37.7 Å². The van der Waals surface area contributed by atoms with Crippen LogP contribution in [0.1, 0.15) is 47.8 Å². The number of carbonyl (C=O) groups excluding carboxylic acids is 3. The molecule has 0 aromatic heterocycles. The number of hydrogen-bond acceptors (Lipinski definition) is 6. The maximum Gasteiger partial charge on any atom is 0.417 e. The summed E-state index contributed by atoms with van der Waals surface area (Å²) in [7, 11) is 0. The normalized spacial score (nSPS) is 14.3. The van der Waals surface area contributed by atoms with Crippen LogP contribution in [0.4, 0.5) is 13.2 Å². The Kier molecular flexibility index (Phi) is 7.33. The van der Waals surface area contributed by atoms with Gasteiger partial charge in [-0.2, -0.15) is 13.2 Å². The second kappa shape index (κ2) is 9.87. The summed E-state index contributed by atoms with van der Waals surface area (Å²) in [5.41, 5.74) is -1.65. The van der Waals surface area contributed by atoms with Gasteiger partial charge in [-0.15, -0.1) is 0 Å². The van der Waals surface area contributed by atoms with Crippen LogP contribution in [0, 0.1) is 5.41 Å². The molecular formula is C25H25F3O6. The third-order valence-corrected chi connectivity index (χ3v) is 5.67. The number of ether oxygens (including phenoxy) is 3. The highest BCUT2D eigenvalue weighted by molar-refractivity contribution is 6.02. The van der Waals surface area contributed by atoms with Gasteiger partial charge in [-0.1, -0.05) is 18.2 Å². The minimum absolute atomic E-state index is 0.0161. The van der Waals surface area contributed by atoms with Crippen molar-refractivity contribution in [1.82, 2.24) is 0 Å². The molecule has 9 heteroatoms. The summed E-state index contributed by atoms with van der Waals surface area (Å²) in [5, 5.41) is 0. The van der Waals surface area contributed by atoms with Crippen molar-refractivity contribution in [2.45, 2.75) is 39.8 Å². The Labute approximate surface area is 195 Å². The number of rotatable bonds is 7. The van der Waals surface area contributed by atoms with Gasteiger partial charge < -0.3 is 14.2 Å². The first kappa shape index (κ1) is 25.3. The molecule has 0 aliphatic heterocycles. The van der Waals surface area contributed by atoms with E-state index < -0.39 is 35.1 Å². The monoisotopic (exact) mass is 478 g/mol. The topological polar surface area (TPSA) is 78.9 Å². The van der Waals surface area contributed by atoms with Gasteiger partial charge in [0.1, 0.15) is 0 Å². The van der Waals surface area contributed by atoms with Crippen LogP contribution in [-0.2, 0) is 42.8 Å². The standard InChI is InChI=1S/C25H25F3O6/c1-4-32-21(29)16-9-7-15(8-10-16)19-11-17-13-24(22(30)33-5-2,23(31)34-6-3)14-18(17)12-20(19)25(26,27)28/h7-12H,4-6,13-14H2,1-3H3. The average Bonchev–Trinajstić information content (AvgIpc) is 3.18. The van der Waals surface area contributed by atoms with Crippen molar-refractivity contribution >= 4 is 17.9 Å². The number of carbonyl (C=O) groups is 3. The third kappa shape index (κ3) is 4.78. The molecule has 1 aliphatic carbocycles. The predicted octanol–water partition coefficient (Wildman–Crippen LogP) is 4.76. The van der Waals surface area contributed by atoms with Gasteiger partial charge in [-0.3, -0.25) is 9.59 Å². The Morgan fingerprint density at radius 3 is 1.79 bits per heavy atom. The molecule has 0 unspecified atom stereocenters. The Morgan fingerprint density at radius 1 is 0.824 bits per heavy atom. The van der Waals surface area contributed by atoms with Gasteiger partial charge in [-0.05, 0) is 74.1 Å². The molecule has 1 aliphatic rings. The summed E-state index contributed by atoms with van der Waals surface area (Å²) in [4.78, 5) is 37.4. The SMILES string of the molecule is CCOC(=O)c1ccc(-c2cc3c(cc2C(F)(F)F)CC(C(=O)OCC)(C(=O)OCC)C3)cc1. The van der Waals surface area contributed by atoms with Gasteiger partial charge in [0.15, 0.2) is 5.41 Å². The molecule has 3 rings (SSSR count). The van der Waals surface area contributed by atoms with Crippen molar-refractivity contribution in [3.8, 4) is 11.1 Å². The fraction of sp³-hybridized carbons (Fsp3) is 0.400. The molecule has 0 atom stereocenters. The summed E-state index contributed by atoms with van der Waals surface area (Å²) >= 11 is 0. The zero-order valence-electron chi connectivity index (χ0n) is 19.1. The van der Waals surface area contributed by atoms with Gasteiger partial charge in [0.25, 0.3) is 0 Å². The molecule has 34 heavy (non-hydrogen) atoms. The number of benzene rings is 2. The van der Waals surface area contributed by atoms with Gasteiger partial charge >= 0.3 is 24.1 Å². The number of halogens is 3. The van der Waals surface area contributed by atoms with E-state index in [1.165, 1.54) is 30.3 Å². The molecule has 6 nitrogen and oxygen atoms in total. The molecule has 182 valence electrons. The lowest BCUT2D eigenvalue weighted by Gasteiger charge is -2.23. The van der Waals surface area contributed by atoms with Crippen LogP contribution < -0.4 is 0 Å². The fourth-order valence-corrected chi connectivity index (χ4v) is 4.12. The molecule has 0 heterocycles. The Morgan fingerprint density at radius 2 is 1.32 bits per heavy atom. The molecule has 0 amide bonds. The zero-order valence-corrected chi connectivity index (χ0v) is 19.1. The lowest BCUT2D eigenvalue weighted by Crippen LogP contribution is -2.43. The molecule has 0 radical (unpaired) electrons. The molecule has 0 saturated carbocycles. The fourth-order valence-electron chi connectivity index (χ4n) is 4.12. The third-order valence-electron chi connectivity index (χ3n) is 5.67. The molecule has 0 saturated heterocycles. The summed E-state index contributed by atoms with van der Waals surface area (Å²) in [6.45, 7) is 5.02. The minimum atomic E-state index is -4.69. The van der Waals surface area contributed by atoms with E-state index in [4.69, 9.17) is 14.2 Å². The van der Waals surface area contributed by atoms with Gasteiger partial charge in [-0.25, -0.2) is 4.79 Å². The van der Waals surface area contributed by atoms with E-state index in [1.54, 1.807) is 20.8 Å². The van der Waals surface area contributed by atoms with E-state index >= 15 is 0 Å². The first-order chi connectivity index (χ1) is 16.1. The van der Waals surface area contributed by atoms with E-state index in [-0.39, 0.29) is 54.9 Å². The van der Waals surface area contributed by atoms with Crippen molar-refractivity contribution in [2.75, 3.05) is 19.8 Å². The van der Waals surface area contributed by atoms with E-state index in [0.29, 0.717) is 5.56 Å². The van der Waals surface area contributed by atoms with E-state index in [9.17, 15) is 27.6 Å². The maximum absolute atomic E-state index is 14.0. The molecule has 0 N–H and O–H groups in total. The van der Waals surface area contributed by atoms with Crippen LogP contribution in [0.25, 0.3) is 11.1 Å². The van der Waals surface area contributed by atoms with E-state index in [2.05, 4.69) is 0 Å². The summed E-state index contributed by atoms with van der Waals surface area (Å²) in [5.74, 6) is -2.22. The molecular weight excluding hydrogens is 453 g/mol. The van der Waals surface area contributed by atoms with Gasteiger partial charge in [0.05, 0.1) is 30.9 Å². The lowest BCUT2D eigenvalue weighted by molar-refractivity contribution is -0.171. The highest BCUT2D eigenvalue weighted by Crippen LogP contribution is 2.45. The first-order valence-corrected chi connectivity index (χ1v) is 10.9. The highest BCUT2D eigenvalue weighted by atomic mass is 19.4. The van der Waals surface area contributed by atoms with Crippen LogP contribution in [0.3, 0.4) is 0 Å². The second-order valence-corrected chi connectivity index (χ2v) is 7.84. The predicted molar refractivity (Wildman–Crippen MR) is 116 cm³/mol. The summed E-state index contributed by atoms with van der Waals surface area (Å²) in [6, 6.07) is 7.91.